The Kier molecular flexibility index (Phi) is 5.55. The predicted octanol–water partition coefficient (Wildman–Crippen LogP) is 6.16. The maximum absolute atomic E-state index is 12.2. The molecule has 1 heterocycles. The average Bonchev–Trinajstić information content (AvgIpc) is 3.17. The number of thiocarbonyl (C=S) groups is 1. The van der Waals surface area contributed by atoms with Gasteiger partial charge in [-0.05, 0) is 46.8 Å². The van der Waals surface area contributed by atoms with Gasteiger partial charge in [0.15, 0.2) is 5.11 Å². The minimum Gasteiger partial charge on any atom is -0.465 e. The molecule has 0 saturated carbocycles. The van der Waals surface area contributed by atoms with Crippen LogP contribution in [0.1, 0.15) is 10.4 Å². The van der Waals surface area contributed by atoms with Crippen molar-refractivity contribution in [1.82, 2.24) is 0 Å². The van der Waals surface area contributed by atoms with E-state index in [1.807, 2.05) is 66.7 Å². The van der Waals surface area contributed by atoms with Gasteiger partial charge in [-0.3, -0.25) is 0 Å². The van der Waals surface area contributed by atoms with Gasteiger partial charge >= 0.3 is 5.97 Å². The Morgan fingerprint density at radius 3 is 2.38 bits per heavy atom. The van der Waals surface area contributed by atoms with E-state index in [9.17, 15) is 4.79 Å². The lowest BCUT2D eigenvalue weighted by Gasteiger charge is -2.11. The summed E-state index contributed by atoms with van der Waals surface area (Å²) >= 11 is 6.94. The van der Waals surface area contributed by atoms with Gasteiger partial charge in [0.05, 0.1) is 12.7 Å². The molecule has 0 bridgehead atoms. The highest BCUT2D eigenvalue weighted by Gasteiger charge is 2.18. The standard InChI is InChI=1S/C23H18N2O2S2/c1-27-22(26)19-14-20(16-8-3-2-4-9-16)29-21(19)25-23(28)24-18-12-11-15-7-5-6-10-17(15)13-18/h2-14H,1H3,(H2,24,25,28). The van der Waals surface area contributed by atoms with Crippen molar-refractivity contribution in [1.29, 1.82) is 0 Å². The normalized spacial score (nSPS) is 10.5. The number of fused-ring (bicyclic) bond motifs is 1. The summed E-state index contributed by atoms with van der Waals surface area (Å²) in [6.07, 6.45) is 0. The van der Waals surface area contributed by atoms with Crippen molar-refractivity contribution in [3.8, 4) is 10.4 Å². The minimum absolute atomic E-state index is 0.403. The average molecular weight is 419 g/mol. The quantitative estimate of drug-likeness (QED) is 0.307. The fourth-order valence-corrected chi connectivity index (χ4v) is 4.36. The van der Waals surface area contributed by atoms with Gasteiger partial charge in [0.25, 0.3) is 0 Å². The largest absolute Gasteiger partial charge is 0.465 e. The Balaban J connectivity index is 1.57. The van der Waals surface area contributed by atoms with E-state index in [1.165, 1.54) is 18.4 Å². The van der Waals surface area contributed by atoms with E-state index < -0.39 is 5.97 Å². The van der Waals surface area contributed by atoms with Gasteiger partial charge in [-0.25, -0.2) is 4.79 Å². The molecule has 0 atom stereocenters. The van der Waals surface area contributed by atoms with E-state index in [0.29, 0.717) is 15.7 Å². The van der Waals surface area contributed by atoms with Crippen LogP contribution in [0.5, 0.6) is 0 Å². The van der Waals surface area contributed by atoms with Gasteiger partial charge in [0.1, 0.15) is 5.00 Å². The molecule has 0 fully saturated rings. The third kappa shape index (κ3) is 4.29. The van der Waals surface area contributed by atoms with Gasteiger partial charge in [0, 0.05) is 10.6 Å². The lowest BCUT2D eigenvalue weighted by Crippen LogP contribution is -2.19. The summed E-state index contributed by atoms with van der Waals surface area (Å²) in [5, 5.41) is 9.68. The number of esters is 1. The highest BCUT2D eigenvalue weighted by atomic mass is 32.1. The number of rotatable bonds is 4. The van der Waals surface area contributed by atoms with Crippen molar-refractivity contribution >= 4 is 56.1 Å². The molecule has 0 aliphatic heterocycles. The van der Waals surface area contributed by atoms with E-state index in [4.69, 9.17) is 17.0 Å². The van der Waals surface area contributed by atoms with Gasteiger partial charge in [0.2, 0.25) is 0 Å². The molecule has 2 N–H and O–H groups in total. The summed E-state index contributed by atoms with van der Waals surface area (Å²) < 4.78 is 4.94. The number of carbonyl (C=O) groups is 1. The third-order valence-corrected chi connectivity index (χ3v) is 5.73. The van der Waals surface area contributed by atoms with Crippen molar-refractivity contribution in [2.45, 2.75) is 0 Å². The molecule has 0 aliphatic rings. The Bertz CT molecular complexity index is 1190. The first kappa shape index (κ1) is 19.1. The second-order valence-corrected chi connectivity index (χ2v) is 7.81. The fraction of sp³-hybridized carbons (Fsp3) is 0.0435. The van der Waals surface area contributed by atoms with Crippen LogP contribution in [0.4, 0.5) is 10.7 Å². The summed E-state index contributed by atoms with van der Waals surface area (Å²) in [5.41, 5.74) is 2.36. The number of hydrogen-bond acceptors (Lipinski definition) is 4. The minimum atomic E-state index is -0.403. The number of methoxy groups -OCH3 is 1. The van der Waals surface area contributed by atoms with Crippen LogP contribution in [-0.4, -0.2) is 18.2 Å². The molecular formula is C23H18N2O2S2. The first-order chi connectivity index (χ1) is 14.1. The lowest BCUT2D eigenvalue weighted by molar-refractivity contribution is 0.0602. The zero-order valence-electron chi connectivity index (χ0n) is 15.6. The molecule has 4 aromatic rings. The molecule has 0 radical (unpaired) electrons. The number of nitrogens with one attached hydrogen (secondary N) is 2. The van der Waals surface area contributed by atoms with Crippen LogP contribution in [0.2, 0.25) is 0 Å². The maximum Gasteiger partial charge on any atom is 0.340 e. The van der Waals surface area contributed by atoms with E-state index in [2.05, 4.69) is 22.8 Å². The number of thiophene rings is 1. The molecule has 0 aliphatic carbocycles. The van der Waals surface area contributed by atoms with Gasteiger partial charge in [-0.2, -0.15) is 0 Å². The summed E-state index contributed by atoms with van der Waals surface area (Å²) in [6, 6.07) is 25.9. The Labute approximate surface area is 178 Å². The Morgan fingerprint density at radius 2 is 1.62 bits per heavy atom. The molecule has 29 heavy (non-hydrogen) atoms. The second kappa shape index (κ2) is 8.43. The van der Waals surface area contributed by atoms with Crippen molar-refractivity contribution in [2.75, 3.05) is 17.7 Å². The molecule has 144 valence electrons. The van der Waals surface area contributed by atoms with Crippen molar-refractivity contribution in [3.63, 3.8) is 0 Å². The van der Waals surface area contributed by atoms with Crippen LogP contribution in [0.3, 0.4) is 0 Å². The topological polar surface area (TPSA) is 50.4 Å². The van der Waals surface area contributed by atoms with Crippen LogP contribution in [0.25, 0.3) is 21.2 Å². The highest BCUT2D eigenvalue weighted by molar-refractivity contribution is 7.80. The monoisotopic (exact) mass is 418 g/mol. The Hall–Kier alpha value is -3.22. The highest BCUT2D eigenvalue weighted by Crippen LogP contribution is 2.36. The number of ether oxygens (including phenoxy) is 1. The predicted molar refractivity (Wildman–Crippen MR) is 125 cm³/mol. The van der Waals surface area contributed by atoms with Crippen molar-refractivity contribution < 1.29 is 9.53 Å². The summed E-state index contributed by atoms with van der Waals surface area (Å²) in [6.45, 7) is 0. The van der Waals surface area contributed by atoms with Crippen LogP contribution >= 0.6 is 23.6 Å². The molecular weight excluding hydrogens is 400 g/mol. The van der Waals surface area contributed by atoms with E-state index in [-0.39, 0.29) is 0 Å². The van der Waals surface area contributed by atoms with Gasteiger partial charge < -0.3 is 15.4 Å². The third-order valence-electron chi connectivity index (χ3n) is 4.43. The van der Waals surface area contributed by atoms with Crippen LogP contribution in [0, 0.1) is 0 Å². The molecule has 0 amide bonds. The van der Waals surface area contributed by atoms with E-state index >= 15 is 0 Å². The van der Waals surface area contributed by atoms with Gasteiger partial charge in [-0.15, -0.1) is 11.3 Å². The first-order valence-corrected chi connectivity index (χ1v) is 10.2. The molecule has 4 rings (SSSR count). The van der Waals surface area contributed by atoms with Crippen molar-refractivity contribution in [2.24, 2.45) is 0 Å². The zero-order chi connectivity index (χ0) is 20.2. The SMILES string of the molecule is COC(=O)c1cc(-c2ccccc2)sc1NC(=S)Nc1ccc2ccccc2c1. The molecule has 4 nitrogen and oxygen atoms in total. The number of anilines is 2. The first-order valence-electron chi connectivity index (χ1n) is 8.98. The smallest absolute Gasteiger partial charge is 0.340 e. The molecule has 3 aromatic carbocycles. The maximum atomic E-state index is 12.2. The fourth-order valence-electron chi connectivity index (χ4n) is 3.02. The Morgan fingerprint density at radius 1 is 0.897 bits per heavy atom. The van der Waals surface area contributed by atoms with Crippen LogP contribution in [0.15, 0.2) is 78.9 Å². The lowest BCUT2D eigenvalue weighted by atomic mass is 10.1. The number of benzene rings is 3. The van der Waals surface area contributed by atoms with Crippen molar-refractivity contribution in [3.05, 3.63) is 84.4 Å². The van der Waals surface area contributed by atoms with E-state index in [1.54, 1.807) is 0 Å². The summed E-state index contributed by atoms with van der Waals surface area (Å²) in [4.78, 5) is 13.2. The zero-order valence-corrected chi connectivity index (χ0v) is 17.3. The second-order valence-electron chi connectivity index (χ2n) is 6.35. The molecule has 0 saturated heterocycles. The number of carbonyl (C=O) groups excluding carboxylic acids is 1. The van der Waals surface area contributed by atoms with Gasteiger partial charge in [-0.1, -0.05) is 60.7 Å². The molecule has 0 unspecified atom stereocenters. The van der Waals surface area contributed by atoms with E-state index in [0.717, 1.165) is 26.9 Å². The molecule has 6 heteroatoms. The summed E-state index contributed by atoms with van der Waals surface area (Å²) in [5.74, 6) is -0.403. The van der Waals surface area contributed by atoms with Crippen LogP contribution < -0.4 is 10.6 Å². The van der Waals surface area contributed by atoms with Crippen LogP contribution in [-0.2, 0) is 4.74 Å². The molecule has 1 aromatic heterocycles. The number of hydrogen-bond donors (Lipinski definition) is 2. The summed E-state index contributed by atoms with van der Waals surface area (Å²) in [7, 11) is 1.37. The molecule has 0 spiro atoms.